The lowest BCUT2D eigenvalue weighted by Crippen LogP contribution is -2.42. The number of methoxy groups -OCH3 is 3. The van der Waals surface area contributed by atoms with Gasteiger partial charge >= 0.3 is 0 Å². The number of benzene rings is 2. The molecule has 1 fully saturated rings. The van der Waals surface area contributed by atoms with Crippen LogP contribution in [0.25, 0.3) is 11.3 Å². The van der Waals surface area contributed by atoms with Crippen LogP contribution in [0.3, 0.4) is 0 Å². The third kappa shape index (κ3) is 4.33. The highest BCUT2D eigenvalue weighted by Crippen LogP contribution is 2.46. The minimum Gasteiger partial charge on any atom is -0.497 e. The van der Waals surface area contributed by atoms with Crippen molar-refractivity contribution < 1.29 is 23.7 Å². The summed E-state index contributed by atoms with van der Waals surface area (Å²) in [5, 5.41) is 7.58. The fourth-order valence-electron chi connectivity index (χ4n) is 4.84. The summed E-state index contributed by atoms with van der Waals surface area (Å²) in [6.07, 6.45) is 0. The fourth-order valence-corrected chi connectivity index (χ4v) is 4.84. The smallest absolute Gasteiger partial charge is 0.273 e. The van der Waals surface area contributed by atoms with Gasteiger partial charge in [-0.25, -0.2) is 0 Å². The normalized spacial score (nSPS) is 18.0. The molecule has 0 bridgehead atoms. The van der Waals surface area contributed by atoms with Crippen molar-refractivity contribution in [3.8, 4) is 28.5 Å². The molecule has 184 valence electrons. The Morgan fingerprint density at radius 1 is 0.971 bits per heavy atom. The summed E-state index contributed by atoms with van der Waals surface area (Å²) in [6, 6.07) is 13.1. The number of rotatable bonds is 8. The summed E-state index contributed by atoms with van der Waals surface area (Å²) in [5.41, 5.74) is 3.90. The second-order valence-corrected chi connectivity index (χ2v) is 8.55. The van der Waals surface area contributed by atoms with Gasteiger partial charge in [-0.2, -0.15) is 5.10 Å². The number of fused-ring (bicyclic) bond motifs is 1. The lowest BCUT2D eigenvalue weighted by molar-refractivity contribution is 0.0316. The molecule has 0 spiro atoms. The number of carbonyl (C=O) groups excluding carboxylic acids is 1. The van der Waals surface area contributed by atoms with E-state index in [9.17, 15) is 4.79 Å². The molecule has 1 saturated heterocycles. The molecule has 9 heteroatoms. The Balaban J connectivity index is 1.57. The fraction of sp³-hybridized carbons (Fsp3) is 0.385. The number of morpholine rings is 1. The maximum atomic E-state index is 13.6. The Kier molecular flexibility index (Phi) is 6.61. The van der Waals surface area contributed by atoms with Crippen molar-refractivity contribution in [1.82, 2.24) is 20.0 Å². The molecule has 3 heterocycles. The highest BCUT2D eigenvalue weighted by molar-refractivity contribution is 6.00. The van der Waals surface area contributed by atoms with Crippen LogP contribution < -0.4 is 14.2 Å². The summed E-state index contributed by atoms with van der Waals surface area (Å²) in [5.74, 6) is 2.05. The van der Waals surface area contributed by atoms with Gasteiger partial charge < -0.3 is 23.8 Å². The van der Waals surface area contributed by atoms with Crippen LogP contribution in [0, 0.1) is 0 Å². The van der Waals surface area contributed by atoms with E-state index < -0.39 is 0 Å². The molecule has 2 aromatic carbocycles. The Labute approximate surface area is 204 Å². The van der Waals surface area contributed by atoms with Crippen LogP contribution in [-0.4, -0.2) is 86.6 Å². The van der Waals surface area contributed by atoms with Gasteiger partial charge in [0.25, 0.3) is 5.91 Å². The molecule has 1 unspecified atom stereocenters. The molecule has 1 atom stereocenters. The second-order valence-electron chi connectivity index (χ2n) is 8.55. The number of nitrogens with zero attached hydrogens (tertiary/aromatic N) is 3. The zero-order valence-electron chi connectivity index (χ0n) is 20.2. The highest BCUT2D eigenvalue weighted by atomic mass is 16.5. The van der Waals surface area contributed by atoms with Crippen LogP contribution in [0.4, 0.5) is 0 Å². The van der Waals surface area contributed by atoms with Crippen LogP contribution in [0.1, 0.15) is 27.7 Å². The topological polar surface area (TPSA) is 89.2 Å². The van der Waals surface area contributed by atoms with Gasteiger partial charge in [-0.1, -0.05) is 0 Å². The van der Waals surface area contributed by atoms with Crippen LogP contribution in [0.15, 0.2) is 42.5 Å². The number of carbonyl (C=O) groups is 1. The van der Waals surface area contributed by atoms with Gasteiger partial charge in [-0.05, 0) is 36.4 Å². The van der Waals surface area contributed by atoms with E-state index in [1.54, 1.807) is 21.3 Å². The minimum atomic E-state index is -0.352. The van der Waals surface area contributed by atoms with Crippen molar-refractivity contribution in [2.24, 2.45) is 0 Å². The molecule has 35 heavy (non-hydrogen) atoms. The Morgan fingerprint density at radius 2 is 1.69 bits per heavy atom. The molecular weight excluding hydrogens is 448 g/mol. The van der Waals surface area contributed by atoms with Gasteiger partial charge in [0.1, 0.15) is 22.9 Å². The number of hydrogen-bond acceptors (Lipinski definition) is 7. The van der Waals surface area contributed by atoms with Crippen molar-refractivity contribution in [2.75, 3.05) is 60.7 Å². The first-order chi connectivity index (χ1) is 17.1. The van der Waals surface area contributed by atoms with Gasteiger partial charge in [0.05, 0.1) is 46.3 Å². The summed E-state index contributed by atoms with van der Waals surface area (Å²) in [7, 11) is 4.89. The quantitative estimate of drug-likeness (QED) is 0.532. The number of nitrogens with one attached hydrogen (secondary N) is 1. The number of aromatic nitrogens is 2. The lowest BCUT2D eigenvalue weighted by Gasteiger charge is -2.32. The first kappa shape index (κ1) is 23.2. The predicted molar refractivity (Wildman–Crippen MR) is 130 cm³/mol. The van der Waals surface area contributed by atoms with Crippen LogP contribution in [0.5, 0.6) is 17.2 Å². The van der Waals surface area contributed by atoms with E-state index in [1.165, 1.54) is 0 Å². The summed E-state index contributed by atoms with van der Waals surface area (Å²) < 4.78 is 22.0. The lowest BCUT2D eigenvalue weighted by atomic mass is 9.95. The minimum absolute atomic E-state index is 0.0663. The Hall–Kier alpha value is -3.56. The standard InChI is InChI=1S/C26H30N4O5/c1-32-18-6-4-17(5-7-18)23-22-24(28-27-23)26(31)30(11-10-29-12-14-35-15-13-29)25(22)20-9-8-19(33-2)16-21(20)34-3/h4-9,16,25H,10-15H2,1-3H3,(H,27,28). The maximum Gasteiger partial charge on any atom is 0.273 e. The van der Waals surface area contributed by atoms with E-state index in [4.69, 9.17) is 18.9 Å². The number of H-pyrrole nitrogens is 1. The SMILES string of the molecule is COc1ccc(-c2n[nH]c3c2C(c2ccc(OC)cc2OC)N(CCN2CCOCC2)C3=O)cc1. The highest BCUT2D eigenvalue weighted by Gasteiger charge is 2.43. The van der Waals surface area contributed by atoms with Crippen LogP contribution >= 0.6 is 0 Å². The number of aromatic amines is 1. The molecule has 3 aromatic rings. The van der Waals surface area contributed by atoms with E-state index >= 15 is 0 Å². The van der Waals surface area contributed by atoms with Crippen molar-refractivity contribution >= 4 is 5.91 Å². The molecule has 9 nitrogen and oxygen atoms in total. The maximum absolute atomic E-state index is 13.6. The average Bonchev–Trinajstić information content (AvgIpc) is 3.46. The van der Waals surface area contributed by atoms with Crippen molar-refractivity contribution in [3.63, 3.8) is 0 Å². The second kappa shape index (κ2) is 9.97. The molecule has 0 saturated carbocycles. The third-order valence-electron chi connectivity index (χ3n) is 6.72. The monoisotopic (exact) mass is 478 g/mol. The third-order valence-corrected chi connectivity index (χ3v) is 6.72. The Morgan fingerprint density at radius 3 is 2.37 bits per heavy atom. The molecule has 1 N–H and O–H groups in total. The molecule has 1 amide bonds. The molecule has 1 aromatic heterocycles. The van der Waals surface area contributed by atoms with Crippen molar-refractivity contribution in [3.05, 3.63) is 59.3 Å². The number of hydrogen-bond donors (Lipinski definition) is 1. The Bertz CT molecular complexity index is 1190. The molecule has 0 aliphatic carbocycles. The van der Waals surface area contributed by atoms with Gasteiger partial charge in [-0.15, -0.1) is 0 Å². The van der Waals surface area contributed by atoms with Crippen LogP contribution in [0.2, 0.25) is 0 Å². The van der Waals surface area contributed by atoms with Gasteiger partial charge in [0.2, 0.25) is 0 Å². The van der Waals surface area contributed by atoms with E-state index in [0.29, 0.717) is 37.0 Å². The van der Waals surface area contributed by atoms with E-state index in [-0.39, 0.29) is 11.9 Å². The number of amides is 1. The first-order valence-corrected chi connectivity index (χ1v) is 11.7. The summed E-state index contributed by atoms with van der Waals surface area (Å²) >= 11 is 0. The zero-order chi connectivity index (χ0) is 24.4. The van der Waals surface area contributed by atoms with Gasteiger partial charge in [0.15, 0.2) is 0 Å². The van der Waals surface area contributed by atoms with Crippen molar-refractivity contribution in [1.29, 1.82) is 0 Å². The molecule has 2 aliphatic rings. The first-order valence-electron chi connectivity index (χ1n) is 11.7. The molecule has 5 rings (SSSR count). The van der Waals surface area contributed by atoms with Gasteiger partial charge in [0, 0.05) is 48.9 Å². The summed E-state index contributed by atoms with van der Waals surface area (Å²) in [4.78, 5) is 17.9. The zero-order valence-corrected chi connectivity index (χ0v) is 20.2. The van der Waals surface area contributed by atoms with Crippen molar-refractivity contribution in [2.45, 2.75) is 6.04 Å². The average molecular weight is 479 g/mol. The predicted octanol–water partition coefficient (Wildman–Crippen LogP) is 2.98. The molecular formula is C26H30N4O5. The van der Waals surface area contributed by atoms with E-state index in [0.717, 1.165) is 47.8 Å². The van der Waals surface area contributed by atoms with E-state index in [1.807, 2.05) is 47.4 Å². The van der Waals surface area contributed by atoms with Gasteiger partial charge in [-0.3, -0.25) is 14.8 Å². The molecule has 2 aliphatic heterocycles. The molecule has 0 radical (unpaired) electrons. The number of ether oxygens (including phenoxy) is 4. The van der Waals surface area contributed by atoms with E-state index in [2.05, 4.69) is 15.1 Å². The largest absolute Gasteiger partial charge is 0.497 e. The van der Waals surface area contributed by atoms with Crippen LogP contribution in [-0.2, 0) is 4.74 Å². The summed E-state index contributed by atoms with van der Waals surface area (Å²) in [6.45, 7) is 4.50.